The maximum absolute atomic E-state index is 9.00. The third kappa shape index (κ3) is 3.18. The SMILES string of the molecule is COc1cc(C#N)ccc1N1CCC(N2CCOCC2)CC1. The van der Waals surface area contributed by atoms with Gasteiger partial charge in [-0.05, 0) is 25.0 Å². The molecule has 0 radical (unpaired) electrons. The summed E-state index contributed by atoms with van der Waals surface area (Å²) in [5.74, 6) is 0.795. The summed E-state index contributed by atoms with van der Waals surface area (Å²) in [6.07, 6.45) is 2.34. The summed E-state index contributed by atoms with van der Waals surface area (Å²) in [4.78, 5) is 4.94. The second-order valence-electron chi connectivity index (χ2n) is 5.86. The number of hydrogen-bond acceptors (Lipinski definition) is 5. The highest BCUT2D eigenvalue weighted by Gasteiger charge is 2.26. The molecule has 5 nitrogen and oxygen atoms in total. The van der Waals surface area contributed by atoms with Gasteiger partial charge >= 0.3 is 0 Å². The van der Waals surface area contributed by atoms with Gasteiger partial charge in [0.15, 0.2) is 0 Å². The molecular formula is C17H23N3O2. The van der Waals surface area contributed by atoms with Crippen molar-refractivity contribution in [2.24, 2.45) is 0 Å². The topological polar surface area (TPSA) is 48.7 Å². The molecule has 0 unspecified atom stereocenters. The van der Waals surface area contributed by atoms with E-state index in [4.69, 9.17) is 14.7 Å². The molecule has 2 fully saturated rings. The summed E-state index contributed by atoms with van der Waals surface area (Å²) in [6.45, 7) is 5.91. The number of benzene rings is 1. The maximum atomic E-state index is 9.00. The molecule has 3 rings (SSSR count). The molecule has 2 aliphatic heterocycles. The van der Waals surface area contributed by atoms with Gasteiger partial charge in [-0.3, -0.25) is 4.90 Å². The van der Waals surface area contributed by atoms with Crippen LogP contribution >= 0.6 is 0 Å². The lowest BCUT2D eigenvalue weighted by molar-refractivity contribution is 0.0115. The highest BCUT2D eigenvalue weighted by molar-refractivity contribution is 5.61. The molecule has 0 aromatic heterocycles. The number of hydrogen-bond donors (Lipinski definition) is 0. The summed E-state index contributed by atoms with van der Waals surface area (Å²) >= 11 is 0. The van der Waals surface area contributed by atoms with E-state index in [2.05, 4.69) is 15.9 Å². The van der Waals surface area contributed by atoms with Crippen molar-refractivity contribution in [2.75, 3.05) is 51.4 Å². The minimum absolute atomic E-state index is 0.642. The molecule has 0 bridgehead atoms. The van der Waals surface area contributed by atoms with E-state index >= 15 is 0 Å². The van der Waals surface area contributed by atoms with Crippen LogP contribution in [0.2, 0.25) is 0 Å². The number of nitriles is 1. The summed E-state index contributed by atoms with van der Waals surface area (Å²) in [7, 11) is 1.67. The van der Waals surface area contributed by atoms with Gasteiger partial charge in [0, 0.05) is 38.3 Å². The number of ether oxygens (including phenoxy) is 2. The molecule has 0 atom stereocenters. The Labute approximate surface area is 132 Å². The summed E-state index contributed by atoms with van der Waals surface area (Å²) in [5.41, 5.74) is 1.74. The first kappa shape index (κ1) is 15.1. The van der Waals surface area contributed by atoms with E-state index in [1.54, 1.807) is 7.11 Å². The minimum atomic E-state index is 0.642. The zero-order chi connectivity index (χ0) is 15.4. The fourth-order valence-electron chi connectivity index (χ4n) is 3.42. The van der Waals surface area contributed by atoms with Crippen molar-refractivity contribution in [2.45, 2.75) is 18.9 Å². The van der Waals surface area contributed by atoms with Gasteiger partial charge in [-0.1, -0.05) is 0 Å². The predicted molar refractivity (Wildman–Crippen MR) is 85.3 cm³/mol. The number of methoxy groups -OCH3 is 1. The van der Waals surface area contributed by atoms with Crippen molar-refractivity contribution >= 4 is 5.69 Å². The Morgan fingerprint density at radius 1 is 1.18 bits per heavy atom. The molecule has 5 heteroatoms. The van der Waals surface area contributed by atoms with Crippen LogP contribution in [0.1, 0.15) is 18.4 Å². The molecule has 0 amide bonds. The molecule has 22 heavy (non-hydrogen) atoms. The van der Waals surface area contributed by atoms with Crippen LogP contribution in [0.25, 0.3) is 0 Å². The van der Waals surface area contributed by atoms with Crippen LogP contribution in [0.15, 0.2) is 18.2 Å². The molecule has 0 aliphatic carbocycles. The van der Waals surface area contributed by atoms with Crippen molar-refractivity contribution in [3.8, 4) is 11.8 Å². The Hall–Kier alpha value is -1.77. The van der Waals surface area contributed by atoms with Crippen molar-refractivity contribution in [3.63, 3.8) is 0 Å². The van der Waals surface area contributed by atoms with Crippen molar-refractivity contribution in [1.82, 2.24) is 4.90 Å². The Morgan fingerprint density at radius 3 is 2.55 bits per heavy atom. The number of nitrogens with zero attached hydrogens (tertiary/aromatic N) is 3. The van der Waals surface area contributed by atoms with E-state index < -0.39 is 0 Å². The Kier molecular flexibility index (Phi) is 4.81. The van der Waals surface area contributed by atoms with Crippen LogP contribution in [-0.2, 0) is 4.74 Å². The summed E-state index contributed by atoms with van der Waals surface area (Å²) in [6, 6.07) is 8.53. The first-order chi connectivity index (χ1) is 10.8. The lowest BCUT2D eigenvalue weighted by atomic mass is 10.0. The fourth-order valence-corrected chi connectivity index (χ4v) is 3.42. The average Bonchev–Trinajstić information content (AvgIpc) is 2.62. The standard InChI is InChI=1S/C17H23N3O2/c1-21-17-12-14(13-18)2-3-16(17)20-6-4-15(5-7-20)19-8-10-22-11-9-19/h2-3,12,15H,4-11H2,1H3. The second-order valence-corrected chi connectivity index (χ2v) is 5.86. The predicted octanol–water partition coefficient (Wildman–Crippen LogP) is 1.87. The molecule has 118 valence electrons. The molecule has 2 aliphatic rings. The van der Waals surface area contributed by atoms with Gasteiger partial charge in [0.25, 0.3) is 0 Å². The van der Waals surface area contributed by atoms with Crippen LogP contribution < -0.4 is 9.64 Å². The van der Waals surface area contributed by atoms with Crippen LogP contribution in [0.3, 0.4) is 0 Å². The first-order valence-electron chi connectivity index (χ1n) is 7.96. The molecule has 2 heterocycles. The van der Waals surface area contributed by atoms with E-state index in [0.29, 0.717) is 11.6 Å². The van der Waals surface area contributed by atoms with E-state index in [-0.39, 0.29) is 0 Å². The first-order valence-corrected chi connectivity index (χ1v) is 7.96. The van der Waals surface area contributed by atoms with Gasteiger partial charge in [-0.2, -0.15) is 5.26 Å². The van der Waals surface area contributed by atoms with Crippen LogP contribution in [0, 0.1) is 11.3 Å². The third-order valence-corrected chi connectivity index (χ3v) is 4.68. The summed E-state index contributed by atoms with van der Waals surface area (Å²) < 4.78 is 10.9. The van der Waals surface area contributed by atoms with Gasteiger partial charge in [-0.15, -0.1) is 0 Å². The molecule has 0 spiro atoms. The number of rotatable bonds is 3. The van der Waals surface area contributed by atoms with Crippen LogP contribution in [0.4, 0.5) is 5.69 Å². The molecule has 1 aromatic carbocycles. The fraction of sp³-hybridized carbons (Fsp3) is 0.588. The van der Waals surface area contributed by atoms with Gasteiger partial charge in [0.2, 0.25) is 0 Å². The zero-order valence-corrected chi connectivity index (χ0v) is 13.1. The molecular weight excluding hydrogens is 278 g/mol. The van der Waals surface area contributed by atoms with E-state index in [1.165, 1.54) is 12.8 Å². The molecule has 0 N–H and O–H groups in total. The molecule has 0 saturated carbocycles. The molecule has 2 saturated heterocycles. The summed E-state index contributed by atoms with van der Waals surface area (Å²) in [5, 5.41) is 9.00. The smallest absolute Gasteiger partial charge is 0.143 e. The van der Waals surface area contributed by atoms with E-state index in [1.807, 2.05) is 18.2 Å². The number of morpholine rings is 1. The Balaban J connectivity index is 1.65. The van der Waals surface area contributed by atoms with Crippen LogP contribution in [0.5, 0.6) is 5.75 Å². The van der Waals surface area contributed by atoms with Gasteiger partial charge in [-0.25, -0.2) is 0 Å². The van der Waals surface area contributed by atoms with Gasteiger partial charge in [0.1, 0.15) is 5.75 Å². The highest BCUT2D eigenvalue weighted by atomic mass is 16.5. The van der Waals surface area contributed by atoms with Crippen molar-refractivity contribution < 1.29 is 9.47 Å². The Bertz CT molecular complexity index is 541. The highest BCUT2D eigenvalue weighted by Crippen LogP contribution is 2.32. The average molecular weight is 301 g/mol. The van der Waals surface area contributed by atoms with Crippen molar-refractivity contribution in [1.29, 1.82) is 5.26 Å². The van der Waals surface area contributed by atoms with Gasteiger partial charge in [0.05, 0.1) is 37.6 Å². The van der Waals surface area contributed by atoms with Crippen molar-refractivity contribution in [3.05, 3.63) is 23.8 Å². The van der Waals surface area contributed by atoms with Gasteiger partial charge < -0.3 is 14.4 Å². The second kappa shape index (κ2) is 6.99. The third-order valence-electron chi connectivity index (χ3n) is 4.68. The largest absolute Gasteiger partial charge is 0.495 e. The van der Waals surface area contributed by atoms with E-state index in [0.717, 1.165) is 50.8 Å². The monoisotopic (exact) mass is 301 g/mol. The Morgan fingerprint density at radius 2 is 1.91 bits per heavy atom. The van der Waals surface area contributed by atoms with E-state index in [9.17, 15) is 0 Å². The quantitative estimate of drug-likeness (QED) is 0.853. The number of piperidine rings is 1. The number of anilines is 1. The van der Waals surface area contributed by atoms with Crippen LogP contribution in [-0.4, -0.2) is 57.4 Å². The zero-order valence-electron chi connectivity index (χ0n) is 13.1. The maximum Gasteiger partial charge on any atom is 0.143 e. The molecule has 1 aromatic rings. The minimum Gasteiger partial charge on any atom is -0.495 e. The lowest BCUT2D eigenvalue weighted by Crippen LogP contribution is -2.49. The lowest BCUT2D eigenvalue weighted by Gasteiger charge is -2.41. The normalized spacial score (nSPS) is 20.6.